The van der Waals surface area contributed by atoms with Gasteiger partial charge in [-0.15, -0.1) is 11.3 Å². The van der Waals surface area contributed by atoms with Crippen LogP contribution < -0.4 is 10.2 Å². The van der Waals surface area contributed by atoms with Crippen molar-refractivity contribution in [3.8, 4) is 0 Å². The van der Waals surface area contributed by atoms with Crippen LogP contribution in [0.1, 0.15) is 10.4 Å². The summed E-state index contributed by atoms with van der Waals surface area (Å²) >= 11 is 1.79. The molecule has 0 spiro atoms. The van der Waals surface area contributed by atoms with E-state index >= 15 is 0 Å². The summed E-state index contributed by atoms with van der Waals surface area (Å²) in [5.41, 5.74) is 1.08. The van der Waals surface area contributed by atoms with E-state index in [1.165, 1.54) is 4.88 Å². The zero-order chi connectivity index (χ0) is 14.9. The number of anilines is 1. The molecule has 0 saturated carbocycles. The highest BCUT2D eigenvalue weighted by molar-refractivity contribution is 7.09. The Hall–Kier alpha value is -1.50. The van der Waals surface area contributed by atoms with Gasteiger partial charge < -0.3 is 15.0 Å². The van der Waals surface area contributed by atoms with Gasteiger partial charge in [-0.05, 0) is 17.9 Å². The van der Waals surface area contributed by atoms with Gasteiger partial charge in [0.2, 0.25) is 5.95 Å². The molecule has 0 radical (unpaired) electrons. The molecule has 0 unspecified atom stereocenters. The number of rotatable bonds is 9. The summed E-state index contributed by atoms with van der Waals surface area (Å²) in [5, 5.41) is 5.39. The zero-order valence-corrected chi connectivity index (χ0v) is 13.4. The second-order valence-corrected chi connectivity index (χ2v) is 5.84. The van der Waals surface area contributed by atoms with E-state index in [-0.39, 0.29) is 0 Å². The first-order chi connectivity index (χ1) is 10.3. The van der Waals surface area contributed by atoms with Crippen molar-refractivity contribution in [2.45, 2.75) is 13.0 Å². The number of thiophene rings is 1. The average Bonchev–Trinajstić information content (AvgIpc) is 3.03. The smallest absolute Gasteiger partial charge is 0.225 e. The van der Waals surface area contributed by atoms with E-state index < -0.39 is 0 Å². The summed E-state index contributed by atoms with van der Waals surface area (Å²) in [6.45, 7) is 3.23. The molecule has 1 N–H and O–H groups in total. The highest BCUT2D eigenvalue weighted by Gasteiger charge is 2.05. The van der Waals surface area contributed by atoms with Crippen LogP contribution in [0, 0.1) is 0 Å². The molecule has 21 heavy (non-hydrogen) atoms. The van der Waals surface area contributed by atoms with Crippen LogP contribution in [0.15, 0.2) is 29.9 Å². The van der Waals surface area contributed by atoms with Gasteiger partial charge >= 0.3 is 0 Å². The van der Waals surface area contributed by atoms with Crippen LogP contribution in [0.25, 0.3) is 0 Å². The van der Waals surface area contributed by atoms with Crippen molar-refractivity contribution in [2.75, 3.05) is 38.8 Å². The van der Waals surface area contributed by atoms with Gasteiger partial charge in [-0.2, -0.15) is 0 Å². The standard InChI is InChI=1S/C15H22N4OS/c1-19(7-5-14-4-3-9-21-14)15-17-11-13(12-18-15)10-16-6-8-20-2/h3-4,9,11-12,16H,5-8,10H2,1-2H3. The van der Waals surface area contributed by atoms with E-state index in [1.54, 1.807) is 18.4 Å². The third-order valence-electron chi connectivity index (χ3n) is 3.12. The highest BCUT2D eigenvalue weighted by atomic mass is 32.1. The van der Waals surface area contributed by atoms with Gasteiger partial charge in [-0.1, -0.05) is 6.07 Å². The summed E-state index contributed by atoms with van der Waals surface area (Å²) in [6.07, 6.45) is 4.78. The van der Waals surface area contributed by atoms with E-state index in [0.29, 0.717) is 6.61 Å². The molecule has 0 amide bonds. The maximum Gasteiger partial charge on any atom is 0.225 e. The van der Waals surface area contributed by atoms with Crippen molar-refractivity contribution >= 4 is 17.3 Å². The quantitative estimate of drug-likeness (QED) is 0.718. The molecule has 0 aliphatic rings. The topological polar surface area (TPSA) is 50.3 Å². The molecule has 5 nitrogen and oxygen atoms in total. The number of nitrogens with one attached hydrogen (secondary N) is 1. The molecule has 114 valence electrons. The van der Waals surface area contributed by atoms with Gasteiger partial charge in [0, 0.05) is 56.6 Å². The molecule has 2 aromatic rings. The first-order valence-electron chi connectivity index (χ1n) is 7.03. The number of hydrogen-bond donors (Lipinski definition) is 1. The predicted molar refractivity (Wildman–Crippen MR) is 86.9 cm³/mol. The van der Waals surface area contributed by atoms with E-state index in [0.717, 1.165) is 37.6 Å². The van der Waals surface area contributed by atoms with Crippen molar-refractivity contribution in [3.05, 3.63) is 40.3 Å². The first kappa shape index (κ1) is 15.9. The lowest BCUT2D eigenvalue weighted by Gasteiger charge is -2.16. The van der Waals surface area contributed by atoms with Crippen LogP contribution in [0.4, 0.5) is 5.95 Å². The van der Waals surface area contributed by atoms with Crippen molar-refractivity contribution in [2.24, 2.45) is 0 Å². The Bertz CT molecular complexity index is 501. The Labute approximate surface area is 130 Å². The van der Waals surface area contributed by atoms with Crippen LogP contribution >= 0.6 is 11.3 Å². The minimum Gasteiger partial charge on any atom is -0.383 e. The first-order valence-corrected chi connectivity index (χ1v) is 7.91. The lowest BCUT2D eigenvalue weighted by Crippen LogP contribution is -2.23. The third-order valence-corrected chi connectivity index (χ3v) is 4.06. The maximum absolute atomic E-state index is 4.99. The predicted octanol–water partition coefficient (Wildman–Crippen LogP) is 1.95. The van der Waals surface area contributed by atoms with Crippen LogP contribution in [0.3, 0.4) is 0 Å². The largest absolute Gasteiger partial charge is 0.383 e. The molecule has 2 heterocycles. The summed E-state index contributed by atoms with van der Waals surface area (Å²) in [6, 6.07) is 4.25. The molecule has 0 bridgehead atoms. The summed E-state index contributed by atoms with van der Waals surface area (Å²) in [7, 11) is 3.73. The van der Waals surface area contributed by atoms with E-state index in [2.05, 4.69) is 37.7 Å². The summed E-state index contributed by atoms with van der Waals surface area (Å²) in [4.78, 5) is 12.3. The minimum atomic E-state index is 0.713. The molecule has 0 atom stereocenters. The fourth-order valence-electron chi connectivity index (χ4n) is 1.88. The SMILES string of the molecule is COCCNCc1cnc(N(C)CCc2cccs2)nc1. The van der Waals surface area contributed by atoms with Gasteiger partial charge in [-0.25, -0.2) is 9.97 Å². The Balaban J connectivity index is 1.77. The number of methoxy groups -OCH3 is 1. The lowest BCUT2D eigenvalue weighted by atomic mass is 10.3. The van der Waals surface area contributed by atoms with Crippen molar-refractivity contribution in [1.82, 2.24) is 15.3 Å². The van der Waals surface area contributed by atoms with Gasteiger partial charge in [0.25, 0.3) is 0 Å². The molecule has 0 fully saturated rings. The minimum absolute atomic E-state index is 0.713. The third kappa shape index (κ3) is 5.41. The van der Waals surface area contributed by atoms with Gasteiger partial charge in [0.05, 0.1) is 6.61 Å². The van der Waals surface area contributed by atoms with Crippen LogP contribution in [0.2, 0.25) is 0 Å². The van der Waals surface area contributed by atoms with E-state index in [9.17, 15) is 0 Å². The number of aromatic nitrogens is 2. The van der Waals surface area contributed by atoms with Crippen molar-refractivity contribution in [1.29, 1.82) is 0 Å². The van der Waals surface area contributed by atoms with Crippen molar-refractivity contribution in [3.63, 3.8) is 0 Å². The Kier molecular flexibility index (Phi) is 6.59. The Morgan fingerprint density at radius 3 is 2.81 bits per heavy atom. The fraction of sp³-hybridized carbons (Fsp3) is 0.467. The lowest BCUT2D eigenvalue weighted by molar-refractivity contribution is 0.199. The van der Waals surface area contributed by atoms with Gasteiger partial charge in [0.1, 0.15) is 0 Å². The molecule has 0 aliphatic heterocycles. The van der Waals surface area contributed by atoms with Crippen LogP contribution in [-0.2, 0) is 17.7 Å². The molecular formula is C15H22N4OS. The van der Waals surface area contributed by atoms with E-state index in [1.807, 2.05) is 19.4 Å². The Morgan fingerprint density at radius 2 is 2.14 bits per heavy atom. The molecule has 6 heteroatoms. The van der Waals surface area contributed by atoms with E-state index in [4.69, 9.17) is 4.74 Å². The molecule has 0 aliphatic carbocycles. The number of ether oxygens (including phenoxy) is 1. The fourth-order valence-corrected chi connectivity index (χ4v) is 2.57. The zero-order valence-electron chi connectivity index (χ0n) is 12.6. The van der Waals surface area contributed by atoms with Gasteiger partial charge in [-0.3, -0.25) is 0 Å². The second-order valence-electron chi connectivity index (χ2n) is 4.81. The molecule has 2 rings (SSSR count). The average molecular weight is 306 g/mol. The monoisotopic (exact) mass is 306 g/mol. The Morgan fingerprint density at radius 1 is 1.33 bits per heavy atom. The molecule has 2 aromatic heterocycles. The number of nitrogens with zero attached hydrogens (tertiary/aromatic N) is 3. The molecule has 0 aromatic carbocycles. The van der Waals surface area contributed by atoms with Crippen LogP contribution in [-0.4, -0.2) is 43.8 Å². The summed E-state index contributed by atoms with van der Waals surface area (Å²) < 4.78 is 4.99. The number of likely N-dealkylation sites (N-methyl/N-ethyl adjacent to an activating group) is 1. The maximum atomic E-state index is 4.99. The molecule has 0 saturated heterocycles. The van der Waals surface area contributed by atoms with Crippen LogP contribution in [0.5, 0.6) is 0 Å². The number of hydrogen-bond acceptors (Lipinski definition) is 6. The van der Waals surface area contributed by atoms with Gasteiger partial charge in [0.15, 0.2) is 0 Å². The highest BCUT2D eigenvalue weighted by Crippen LogP contribution is 2.11. The van der Waals surface area contributed by atoms with Crippen molar-refractivity contribution < 1.29 is 4.74 Å². The normalized spacial score (nSPS) is 10.8. The second kappa shape index (κ2) is 8.71. The molecular weight excluding hydrogens is 284 g/mol. The summed E-state index contributed by atoms with van der Waals surface area (Å²) in [5.74, 6) is 0.771.